The molecule has 7 heavy (non-hydrogen) atoms. The standard InChI is InChI=1S/C3H5AsO3/c5-2-1-4-3(6)7/h2,4H,1H2,(H,6,7). The minimum atomic E-state index is -1.00. The number of aldehydes is 1. The van der Waals surface area contributed by atoms with Crippen LogP contribution in [0.1, 0.15) is 0 Å². The molecule has 0 heterocycles. The summed E-state index contributed by atoms with van der Waals surface area (Å²) < 4.78 is -0.799. The van der Waals surface area contributed by atoms with Crippen LogP contribution in [0.5, 0.6) is 0 Å². The van der Waals surface area contributed by atoms with Crippen molar-refractivity contribution < 1.29 is 14.7 Å². The summed E-state index contributed by atoms with van der Waals surface area (Å²) in [5, 5.41) is 8.19. The van der Waals surface area contributed by atoms with Crippen LogP contribution in [0.4, 0.5) is 4.79 Å². The molecule has 0 saturated carbocycles. The van der Waals surface area contributed by atoms with Crippen LogP contribution in [0, 0.1) is 0 Å². The first-order valence-electron chi connectivity index (χ1n) is 1.68. The van der Waals surface area contributed by atoms with E-state index in [-0.39, 0.29) is 5.21 Å². The SMILES string of the molecule is O=CC[AsH]C(=O)O. The molecule has 0 radical (unpaired) electrons. The molecule has 0 aliphatic rings. The van der Waals surface area contributed by atoms with Crippen LogP contribution < -0.4 is 0 Å². The molecule has 0 aromatic rings. The van der Waals surface area contributed by atoms with Gasteiger partial charge in [0.25, 0.3) is 0 Å². The van der Waals surface area contributed by atoms with Gasteiger partial charge in [0.1, 0.15) is 0 Å². The van der Waals surface area contributed by atoms with Gasteiger partial charge in [0.05, 0.1) is 0 Å². The van der Waals surface area contributed by atoms with Gasteiger partial charge in [-0.05, 0) is 0 Å². The monoisotopic (exact) mass is 164 g/mol. The van der Waals surface area contributed by atoms with Gasteiger partial charge in [-0.25, -0.2) is 0 Å². The number of hydrogen-bond donors (Lipinski definition) is 1. The first kappa shape index (κ1) is 6.70. The Balaban J connectivity index is 2.97. The fourth-order valence-corrected chi connectivity index (χ4v) is 0.670. The van der Waals surface area contributed by atoms with E-state index in [2.05, 4.69) is 0 Å². The Labute approximate surface area is 47.4 Å². The normalized spacial score (nSPS) is 9.71. The summed E-state index contributed by atoms with van der Waals surface area (Å²) in [5.74, 6) is 0. The first-order chi connectivity index (χ1) is 3.27. The van der Waals surface area contributed by atoms with Crippen molar-refractivity contribution >= 4 is 26.8 Å². The predicted molar refractivity (Wildman–Crippen MR) is 26.0 cm³/mol. The Kier molecular flexibility index (Phi) is 3.71. The third kappa shape index (κ3) is 5.70. The maximum atomic E-state index is 9.65. The summed E-state index contributed by atoms with van der Waals surface area (Å²) in [6.07, 6.45) is 0.647. The zero-order valence-corrected chi connectivity index (χ0v) is 5.65. The molecule has 0 rings (SSSR count). The van der Waals surface area contributed by atoms with Crippen molar-refractivity contribution in [1.29, 1.82) is 0 Å². The Morgan fingerprint density at radius 3 is 2.57 bits per heavy atom. The molecule has 0 aromatic carbocycles. The topological polar surface area (TPSA) is 54.4 Å². The summed E-state index contributed by atoms with van der Waals surface area (Å²) in [5.41, 5.74) is 0. The van der Waals surface area contributed by atoms with Crippen LogP contribution in [0.3, 0.4) is 0 Å². The van der Waals surface area contributed by atoms with E-state index in [1.165, 1.54) is 0 Å². The van der Waals surface area contributed by atoms with Crippen molar-refractivity contribution in [2.24, 2.45) is 0 Å². The van der Waals surface area contributed by atoms with Crippen molar-refractivity contribution in [1.82, 2.24) is 0 Å². The average Bonchev–Trinajstić information content (AvgIpc) is 1.61. The van der Waals surface area contributed by atoms with Crippen LogP contribution in [-0.2, 0) is 4.79 Å². The Hall–Kier alpha value is -0.302. The van der Waals surface area contributed by atoms with E-state index in [4.69, 9.17) is 5.11 Å². The maximum absolute atomic E-state index is 9.65. The summed E-state index contributed by atoms with van der Waals surface area (Å²) in [7, 11) is 0. The van der Waals surface area contributed by atoms with Gasteiger partial charge in [-0.1, -0.05) is 0 Å². The molecule has 1 atom stereocenters. The zero-order valence-electron chi connectivity index (χ0n) is 3.55. The Bertz CT molecular complexity index is 80.2. The van der Waals surface area contributed by atoms with Crippen molar-refractivity contribution in [2.45, 2.75) is 5.21 Å². The molecule has 0 amide bonds. The van der Waals surface area contributed by atoms with Crippen molar-refractivity contribution in [3.63, 3.8) is 0 Å². The van der Waals surface area contributed by atoms with Crippen LogP contribution in [0.2, 0.25) is 5.21 Å². The van der Waals surface area contributed by atoms with Gasteiger partial charge in [0.2, 0.25) is 0 Å². The molecule has 1 unspecified atom stereocenters. The third-order valence-corrected chi connectivity index (χ3v) is 1.75. The molecular formula is C3H5AsO3. The molecule has 40 valence electrons. The summed E-state index contributed by atoms with van der Waals surface area (Å²) in [6.45, 7) is 0. The number of carboxylic acid groups (broad SMARTS) is 1. The zero-order chi connectivity index (χ0) is 5.70. The van der Waals surface area contributed by atoms with E-state index in [1.54, 1.807) is 0 Å². The average molecular weight is 164 g/mol. The molecule has 0 fully saturated rings. The van der Waals surface area contributed by atoms with Crippen molar-refractivity contribution in [3.8, 4) is 0 Å². The number of carbonyl (C=O) groups is 2. The van der Waals surface area contributed by atoms with Crippen molar-refractivity contribution in [3.05, 3.63) is 0 Å². The van der Waals surface area contributed by atoms with Crippen LogP contribution in [-0.4, -0.2) is 31.9 Å². The molecule has 3 nitrogen and oxygen atoms in total. The Morgan fingerprint density at radius 1 is 1.86 bits per heavy atom. The fraction of sp³-hybridized carbons (Fsp3) is 0.333. The fourth-order valence-electron chi connectivity index (χ4n) is 0.129. The van der Waals surface area contributed by atoms with E-state index < -0.39 is 20.5 Å². The summed E-state index contributed by atoms with van der Waals surface area (Å²) >= 11 is -1.00. The van der Waals surface area contributed by atoms with Crippen molar-refractivity contribution in [2.75, 3.05) is 0 Å². The molecule has 0 saturated heterocycles. The predicted octanol–water partition coefficient (Wildman–Crippen LogP) is -0.282. The van der Waals surface area contributed by atoms with E-state index in [1.807, 2.05) is 0 Å². The second-order valence-corrected chi connectivity index (χ2v) is 3.35. The van der Waals surface area contributed by atoms with E-state index in [9.17, 15) is 9.59 Å². The summed E-state index contributed by atoms with van der Waals surface area (Å²) in [4.78, 5) is 19.1. The van der Waals surface area contributed by atoms with Crippen LogP contribution >= 0.6 is 0 Å². The van der Waals surface area contributed by atoms with Gasteiger partial charge in [-0.15, -0.1) is 0 Å². The summed E-state index contributed by atoms with van der Waals surface area (Å²) in [6, 6.07) is 0. The third-order valence-electron chi connectivity index (χ3n) is 0.337. The first-order valence-corrected chi connectivity index (χ1v) is 4.21. The van der Waals surface area contributed by atoms with Gasteiger partial charge < -0.3 is 0 Å². The number of hydrogen-bond acceptors (Lipinski definition) is 2. The van der Waals surface area contributed by atoms with E-state index >= 15 is 0 Å². The Morgan fingerprint density at radius 2 is 2.43 bits per heavy atom. The van der Waals surface area contributed by atoms with Gasteiger partial charge in [-0.2, -0.15) is 0 Å². The van der Waals surface area contributed by atoms with Crippen LogP contribution in [0.15, 0.2) is 0 Å². The second-order valence-electron chi connectivity index (χ2n) is 0.853. The quantitative estimate of drug-likeness (QED) is 0.460. The van der Waals surface area contributed by atoms with E-state index in [0.29, 0.717) is 6.29 Å². The molecule has 0 bridgehead atoms. The minimum absolute atomic E-state index is 0.245. The molecular weight excluding hydrogens is 159 g/mol. The molecule has 0 aliphatic heterocycles. The molecule has 0 aromatic heterocycles. The van der Waals surface area contributed by atoms with Gasteiger partial charge in [-0.3, -0.25) is 0 Å². The van der Waals surface area contributed by atoms with Gasteiger partial charge in [0, 0.05) is 0 Å². The van der Waals surface area contributed by atoms with E-state index in [0.717, 1.165) is 0 Å². The van der Waals surface area contributed by atoms with Crippen LogP contribution in [0.25, 0.3) is 0 Å². The number of carbonyl (C=O) groups excluding carboxylic acids is 1. The molecule has 0 spiro atoms. The number of rotatable bonds is 3. The van der Waals surface area contributed by atoms with Gasteiger partial charge >= 0.3 is 46.7 Å². The molecule has 1 N–H and O–H groups in total. The molecule has 4 heteroatoms. The van der Waals surface area contributed by atoms with Gasteiger partial charge in [0.15, 0.2) is 0 Å². The molecule has 0 aliphatic carbocycles. The second kappa shape index (κ2) is 3.87.